The van der Waals surface area contributed by atoms with Gasteiger partial charge in [0.1, 0.15) is 5.02 Å². The molecule has 100 valence electrons. The molecule has 0 spiro atoms. The molecule has 0 aliphatic carbocycles. The number of hydrogen-bond acceptors (Lipinski definition) is 4. The fourth-order valence-corrected chi connectivity index (χ4v) is 1.63. The molecular weight excluding hydrogens is 260 g/mol. The molecule has 0 fully saturated rings. The van der Waals surface area contributed by atoms with Crippen LogP contribution in [0, 0.1) is 0 Å². The number of amides is 1. The average molecular weight is 275 g/mol. The third-order valence-electron chi connectivity index (χ3n) is 2.43. The number of hydrogen-bond donors (Lipinski definition) is 3. The number of aromatic amines is 1. The van der Waals surface area contributed by atoms with Gasteiger partial charge in [-0.25, -0.2) is 10.6 Å². The van der Waals surface area contributed by atoms with Crippen LogP contribution in [0.3, 0.4) is 0 Å². The molecule has 0 radical (unpaired) electrons. The fraction of sp³-hybridized carbons (Fsp3) is 0.500. The molecule has 1 rings (SSSR count). The zero-order chi connectivity index (χ0) is 13.5. The molecule has 1 amide bonds. The van der Waals surface area contributed by atoms with Gasteiger partial charge in [-0.05, 0) is 12.8 Å². The number of nitrogens with two attached hydrogens (primary N) is 1. The summed E-state index contributed by atoms with van der Waals surface area (Å²) in [5.41, 5.74) is 0.977. The lowest BCUT2D eigenvalue weighted by Crippen LogP contribution is -2.30. The molecule has 0 aliphatic rings. The molecule has 0 saturated heterocycles. The Morgan fingerprint density at radius 2 is 2.11 bits per heavy atom. The monoisotopic (exact) mass is 274 g/mol. The van der Waals surface area contributed by atoms with Gasteiger partial charge in [0, 0.05) is 19.2 Å². The van der Waals surface area contributed by atoms with Crippen LogP contribution >= 0.6 is 11.6 Å². The van der Waals surface area contributed by atoms with Gasteiger partial charge in [-0.1, -0.05) is 18.0 Å². The largest absolute Gasteiger partial charge is 0.328 e. The summed E-state index contributed by atoms with van der Waals surface area (Å²) in [6.45, 7) is 0.444. The van der Waals surface area contributed by atoms with Crippen molar-refractivity contribution in [2.24, 2.45) is 5.84 Å². The SMILES string of the molecule is NNC(=O)CCCCCn1cc(Cl)c(=O)[nH]c1=O. The molecule has 0 saturated carbocycles. The van der Waals surface area contributed by atoms with Crippen molar-refractivity contribution < 1.29 is 4.79 Å². The van der Waals surface area contributed by atoms with E-state index in [9.17, 15) is 14.4 Å². The standard InChI is InChI=1S/C10H15ClN4O3/c11-7-6-15(10(18)13-9(7)17)5-3-1-2-4-8(16)14-12/h6H,1-5,12H2,(H,14,16)(H,13,17,18). The first-order valence-corrected chi connectivity index (χ1v) is 5.91. The van der Waals surface area contributed by atoms with Crippen molar-refractivity contribution in [3.63, 3.8) is 0 Å². The van der Waals surface area contributed by atoms with Gasteiger partial charge in [0.25, 0.3) is 5.56 Å². The molecule has 7 nitrogen and oxygen atoms in total. The number of aromatic nitrogens is 2. The summed E-state index contributed by atoms with van der Waals surface area (Å²) in [4.78, 5) is 35.3. The van der Waals surface area contributed by atoms with Gasteiger partial charge < -0.3 is 0 Å². The Balaban J connectivity index is 2.40. The van der Waals surface area contributed by atoms with Crippen LogP contribution in [0.5, 0.6) is 0 Å². The van der Waals surface area contributed by atoms with E-state index in [0.29, 0.717) is 25.8 Å². The smallest absolute Gasteiger partial charge is 0.299 e. The van der Waals surface area contributed by atoms with Gasteiger partial charge in [0.05, 0.1) is 0 Å². The second kappa shape index (κ2) is 6.97. The fourth-order valence-electron chi connectivity index (χ4n) is 1.47. The predicted molar refractivity (Wildman–Crippen MR) is 67.1 cm³/mol. The summed E-state index contributed by atoms with van der Waals surface area (Å²) < 4.78 is 1.34. The van der Waals surface area contributed by atoms with Crippen LogP contribution in [0.15, 0.2) is 15.8 Å². The molecule has 0 aromatic carbocycles. The third kappa shape index (κ3) is 4.34. The summed E-state index contributed by atoms with van der Waals surface area (Å²) >= 11 is 5.62. The van der Waals surface area contributed by atoms with E-state index in [4.69, 9.17) is 17.4 Å². The number of nitrogens with zero attached hydrogens (tertiary/aromatic N) is 1. The zero-order valence-electron chi connectivity index (χ0n) is 9.74. The van der Waals surface area contributed by atoms with Crippen molar-refractivity contribution in [1.29, 1.82) is 0 Å². The maximum absolute atomic E-state index is 11.4. The van der Waals surface area contributed by atoms with E-state index in [2.05, 4.69) is 4.98 Å². The number of H-pyrrole nitrogens is 1. The molecular formula is C10H15ClN4O3. The highest BCUT2D eigenvalue weighted by molar-refractivity contribution is 6.30. The van der Waals surface area contributed by atoms with E-state index in [1.807, 2.05) is 5.43 Å². The average Bonchev–Trinajstić information content (AvgIpc) is 2.34. The van der Waals surface area contributed by atoms with Gasteiger partial charge in [0.15, 0.2) is 0 Å². The van der Waals surface area contributed by atoms with E-state index >= 15 is 0 Å². The van der Waals surface area contributed by atoms with Crippen molar-refractivity contribution in [3.05, 3.63) is 32.1 Å². The zero-order valence-corrected chi connectivity index (χ0v) is 10.5. The molecule has 1 aromatic rings. The molecule has 1 heterocycles. The van der Waals surface area contributed by atoms with Gasteiger partial charge in [-0.3, -0.25) is 24.6 Å². The molecule has 8 heteroatoms. The number of halogens is 1. The normalized spacial score (nSPS) is 10.3. The quantitative estimate of drug-likeness (QED) is 0.287. The third-order valence-corrected chi connectivity index (χ3v) is 2.70. The Kier molecular flexibility index (Phi) is 5.60. The highest BCUT2D eigenvalue weighted by atomic mass is 35.5. The van der Waals surface area contributed by atoms with Crippen LogP contribution in [0.25, 0.3) is 0 Å². The number of nitrogens with one attached hydrogen (secondary N) is 2. The summed E-state index contributed by atoms with van der Waals surface area (Å²) in [5, 5.41) is -0.0166. The highest BCUT2D eigenvalue weighted by Gasteiger charge is 2.02. The summed E-state index contributed by atoms with van der Waals surface area (Å²) in [5.74, 6) is 4.73. The lowest BCUT2D eigenvalue weighted by molar-refractivity contribution is -0.121. The van der Waals surface area contributed by atoms with Crippen LogP contribution in [0.1, 0.15) is 25.7 Å². The topological polar surface area (TPSA) is 110 Å². The Labute approximate surface area is 108 Å². The molecule has 4 N–H and O–H groups in total. The van der Waals surface area contributed by atoms with Crippen molar-refractivity contribution in [2.75, 3.05) is 0 Å². The van der Waals surface area contributed by atoms with E-state index in [-0.39, 0.29) is 10.9 Å². The minimum absolute atomic E-state index is 0.0166. The maximum atomic E-state index is 11.4. The number of hydrazine groups is 1. The second-order valence-corrected chi connectivity index (χ2v) is 4.22. The minimum atomic E-state index is -0.586. The number of unbranched alkanes of at least 4 members (excludes halogenated alkanes) is 2. The first-order valence-electron chi connectivity index (χ1n) is 5.53. The van der Waals surface area contributed by atoms with Crippen LogP contribution < -0.4 is 22.5 Å². The number of rotatable bonds is 6. The van der Waals surface area contributed by atoms with Gasteiger partial charge in [-0.2, -0.15) is 0 Å². The number of aryl methyl sites for hydroxylation is 1. The molecule has 0 unspecified atom stereocenters. The van der Waals surface area contributed by atoms with Crippen molar-refractivity contribution in [3.8, 4) is 0 Å². The lowest BCUT2D eigenvalue weighted by atomic mass is 10.2. The highest BCUT2D eigenvalue weighted by Crippen LogP contribution is 2.02. The first-order chi connectivity index (χ1) is 8.54. The molecule has 1 aromatic heterocycles. The van der Waals surface area contributed by atoms with Crippen molar-refractivity contribution >= 4 is 17.5 Å². The molecule has 18 heavy (non-hydrogen) atoms. The Morgan fingerprint density at radius 3 is 2.78 bits per heavy atom. The summed E-state index contributed by atoms with van der Waals surface area (Å²) in [6.07, 6.45) is 3.85. The Hall–Kier alpha value is -1.60. The van der Waals surface area contributed by atoms with Crippen molar-refractivity contribution in [2.45, 2.75) is 32.2 Å². The summed E-state index contributed by atoms with van der Waals surface area (Å²) in [6, 6.07) is 0. The van der Waals surface area contributed by atoms with Crippen LogP contribution in [0.2, 0.25) is 5.02 Å². The molecule has 0 aliphatic heterocycles. The van der Waals surface area contributed by atoms with E-state index < -0.39 is 11.2 Å². The predicted octanol–water partition coefficient (Wildman–Crippen LogP) is -0.260. The van der Waals surface area contributed by atoms with E-state index in [1.165, 1.54) is 10.8 Å². The van der Waals surface area contributed by atoms with Gasteiger partial charge in [-0.15, -0.1) is 0 Å². The molecule has 0 bridgehead atoms. The first kappa shape index (κ1) is 14.5. The number of carbonyl (C=O) groups is 1. The maximum Gasteiger partial charge on any atom is 0.328 e. The van der Waals surface area contributed by atoms with Crippen LogP contribution in [0.4, 0.5) is 0 Å². The van der Waals surface area contributed by atoms with Crippen LogP contribution in [-0.2, 0) is 11.3 Å². The minimum Gasteiger partial charge on any atom is -0.299 e. The number of carbonyl (C=O) groups excluding carboxylic acids is 1. The van der Waals surface area contributed by atoms with Crippen LogP contribution in [-0.4, -0.2) is 15.5 Å². The van der Waals surface area contributed by atoms with E-state index in [0.717, 1.165) is 6.42 Å². The van der Waals surface area contributed by atoms with Crippen molar-refractivity contribution in [1.82, 2.24) is 15.0 Å². The lowest BCUT2D eigenvalue weighted by Gasteiger charge is -2.05. The van der Waals surface area contributed by atoms with Gasteiger partial charge in [0.2, 0.25) is 5.91 Å². The van der Waals surface area contributed by atoms with E-state index in [1.54, 1.807) is 0 Å². The Morgan fingerprint density at radius 1 is 1.39 bits per heavy atom. The van der Waals surface area contributed by atoms with Gasteiger partial charge >= 0.3 is 5.69 Å². The Bertz CT molecular complexity index is 523. The molecule has 0 atom stereocenters. The summed E-state index contributed by atoms with van der Waals surface area (Å²) in [7, 11) is 0. The second-order valence-electron chi connectivity index (χ2n) is 3.81.